The molecule has 0 bridgehead atoms. The summed E-state index contributed by atoms with van der Waals surface area (Å²) in [5, 5.41) is 23.1. The second kappa shape index (κ2) is 6.85. The van der Waals surface area contributed by atoms with Gasteiger partial charge in [0, 0.05) is 24.3 Å². The van der Waals surface area contributed by atoms with Crippen LogP contribution >= 0.6 is 0 Å². The van der Waals surface area contributed by atoms with Gasteiger partial charge in [0.05, 0.1) is 4.92 Å². The van der Waals surface area contributed by atoms with Crippen LogP contribution in [-0.2, 0) is 0 Å². The molecule has 1 unspecified atom stereocenters. The van der Waals surface area contributed by atoms with Crippen molar-refractivity contribution in [2.45, 2.75) is 26.3 Å². The van der Waals surface area contributed by atoms with Gasteiger partial charge < -0.3 is 16.2 Å². The molecule has 0 radical (unpaired) electrons. The molecule has 0 aliphatic carbocycles. The molecule has 1 rings (SSSR count). The van der Waals surface area contributed by atoms with Crippen LogP contribution in [0.15, 0.2) is 18.2 Å². The fourth-order valence-corrected chi connectivity index (χ4v) is 1.88. The zero-order valence-corrected chi connectivity index (χ0v) is 11.5. The van der Waals surface area contributed by atoms with Crippen molar-refractivity contribution in [1.82, 2.24) is 0 Å². The van der Waals surface area contributed by atoms with Crippen molar-refractivity contribution in [3.63, 3.8) is 0 Å². The highest BCUT2D eigenvalue weighted by Gasteiger charge is 2.20. The predicted octanol–water partition coefficient (Wildman–Crippen LogP) is 1.51. The standard InChI is InChI=1S/C13H19N3O4/c1-8(2)10(5-6-17)15-11-7-9(13(14)18)3-4-12(11)16(19)20/h3-4,7-8,10,15,17H,5-6H2,1-2H3,(H2,14,18). The van der Waals surface area contributed by atoms with E-state index in [1.165, 1.54) is 18.2 Å². The van der Waals surface area contributed by atoms with E-state index >= 15 is 0 Å². The van der Waals surface area contributed by atoms with Gasteiger partial charge in [-0.25, -0.2) is 0 Å². The van der Waals surface area contributed by atoms with E-state index in [0.717, 1.165) is 0 Å². The Hall–Kier alpha value is -2.15. The van der Waals surface area contributed by atoms with Gasteiger partial charge in [-0.05, 0) is 24.5 Å². The summed E-state index contributed by atoms with van der Waals surface area (Å²) >= 11 is 0. The summed E-state index contributed by atoms with van der Waals surface area (Å²) < 4.78 is 0. The molecule has 1 amide bonds. The lowest BCUT2D eigenvalue weighted by molar-refractivity contribution is -0.384. The second-order valence-corrected chi connectivity index (χ2v) is 4.86. The number of hydrogen-bond acceptors (Lipinski definition) is 5. The monoisotopic (exact) mass is 281 g/mol. The normalized spacial score (nSPS) is 12.2. The average molecular weight is 281 g/mol. The van der Waals surface area contributed by atoms with Gasteiger partial charge in [-0.1, -0.05) is 13.8 Å². The Balaban J connectivity index is 3.14. The number of nitro benzene ring substituents is 1. The first-order valence-electron chi connectivity index (χ1n) is 6.32. The van der Waals surface area contributed by atoms with E-state index in [1.54, 1.807) is 0 Å². The van der Waals surface area contributed by atoms with Gasteiger partial charge in [0.15, 0.2) is 0 Å². The average Bonchev–Trinajstić information content (AvgIpc) is 2.37. The first kappa shape index (κ1) is 15.9. The van der Waals surface area contributed by atoms with Crippen molar-refractivity contribution in [1.29, 1.82) is 0 Å². The van der Waals surface area contributed by atoms with E-state index in [2.05, 4.69) is 5.32 Å². The summed E-state index contributed by atoms with van der Waals surface area (Å²) in [6, 6.07) is 3.80. The van der Waals surface area contributed by atoms with Crippen LogP contribution in [0.4, 0.5) is 11.4 Å². The number of anilines is 1. The third kappa shape index (κ3) is 3.92. The van der Waals surface area contributed by atoms with Crippen LogP contribution in [0.5, 0.6) is 0 Å². The zero-order chi connectivity index (χ0) is 15.3. The Bertz CT molecular complexity index is 502. The van der Waals surface area contributed by atoms with E-state index in [4.69, 9.17) is 10.8 Å². The van der Waals surface area contributed by atoms with Gasteiger partial charge in [0.1, 0.15) is 5.69 Å². The number of nitrogens with two attached hydrogens (primary N) is 1. The molecule has 20 heavy (non-hydrogen) atoms. The summed E-state index contributed by atoms with van der Waals surface area (Å²) in [5.41, 5.74) is 5.49. The minimum atomic E-state index is -0.647. The SMILES string of the molecule is CC(C)C(CCO)Nc1cc(C(N)=O)ccc1[N+](=O)[O-]. The number of carbonyl (C=O) groups is 1. The van der Waals surface area contributed by atoms with E-state index in [0.29, 0.717) is 6.42 Å². The zero-order valence-electron chi connectivity index (χ0n) is 11.5. The van der Waals surface area contributed by atoms with Crippen molar-refractivity contribution in [2.24, 2.45) is 11.7 Å². The molecule has 0 saturated heterocycles. The maximum atomic E-state index is 11.2. The lowest BCUT2D eigenvalue weighted by Crippen LogP contribution is -2.27. The number of hydrogen-bond donors (Lipinski definition) is 3. The van der Waals surface area contributed by atoms with Crippen LogP contribution in [0.1, 0.15) is 30.6 Å². The van der Waals surface area contributed by atoms with Crippen molar-refractivity contribution >= 4 is 17.3 Å². The summed E-state index contributed by atoms with van der Waals surface area (Å²) in [7, 11) is 0. The summed E-state index contributed by atoms with van der Waals surface area (Å²) in [4.78, 5) is 21.7. The Morgan fingerprint density at radius 3 is 2.60 bits per heavy atom. The summed E-state index contributed by atoms with van der Waals surface area (Å²) in [5.74, 6) is -0.481. The lowest BCUT2D eigenvalue weighted by Gasteiger charge is -2.22. The van der Waals surface area contributed by atoms with Gasteiger partial charge >= 0.3 is 0 Å². The Morgan fingerprint density at radius 2 is 2.15 bits per heavy atom. The molecule has 110 valence electrons. The van der Waals surface area contributed by atoms with Gasteiger partial charge in [-0.3, -0.25) is 14.9 Å². The second-order valence-electron chi connectivity index (χ2n) is 4.86. The van der Waals surface area contributed by atoms with Crippen molar-refractivity contribution in [2.75, 3.05) is 11.9 Å². The maximum absolute atomic E-state index is 11.2. The van der Waals surface area contributed by atoms with Gasteiger partial charge in [0.2, 0.25) is 5.91 Å². The molecule has 0 heterocycles. The molecule has 0 fully saturated rings. The van der Waals surface area contributed by atoms with E-state index in [9.17, 15) is 14.9 Å². The highest BCUT2D eigenvalue weighted by Crippen LogP contribution is 2.27. The van der Waals surface area contributed by atoms with Crippen molar-refractivity contribution in [3.05, 3.63) is 33.9 Å². The number of rotatable bonds is 7. The predicted molar refractivity (Wildman–Crippen MR) is 75.6 cm³/mol. The van der Waals surface area contributed by atoms with Crippen LogP contribution in [0, 0.1) is 16.0 Å². The quantitative estimate of drug-likeness (QED) is 0.517. The summed E-state index contributed by atoms with van der Waals surface area (Å²) in [6.07, 6.45) is 0.454. The van der Waals surface area contributed by atoms with Gasteiger partial charge in [-0.15, -0.1) is 0 Å². The number of benzene rings is 1. The fraction of sp³-hybridized carbons (Fsp3) is 0.462. The number of carbonyl (C=O) groups excluding carboxylic acids is 1. The fourth-order valence-electron chi connectivity index (χ4n) is 1.88. The van der Waals surface area contributed by atoms with E-state index < -0.39 is 10.8 Å². The molecule has 7 nitrogen and oxygen atoms in total. The van der Waals surface area contributed by atoms with Gasteiger partial charge in [0.25, 0.3) is 5.69 Å². The van der Waals surface area contributed by atoms with Crippen LogP contribution in [0.25, 0.3) is 0 Å². The van der Waals surface area contributed by atoms with Crippen LogP contribution in [-0.4, -0.2) is 28.6 Å². The molecule has 0 aromatic heterocycles. The largest absolute Gasteiger partial charge is 0.396 e. The maximum Gasteiger partial charge on any atom is 0.292 e. The number of nitrogens with zero attached hydrogens (tertiary/aromatic N) is 1. The number of nitro groups is 1. The topological polar surface area (TPSA) is 118 Å². The Kier molecular flexibility index (Phi) is 5.45. The van der Waals surface area contributed by atoms with Gasteiger partial charge in [-0.2, -0.15) is 0 Å². The molecule has 0 spiro atoms. The third-order valence-corrected chi connectivity index (χ3v) is 3.06. The number of primary amides is 1. The molecule has 1 atom stereocenters. The van der Waals surface area contributed by atoms with Crippen LogP contribution in [0.3, 0.4) is 0 Å². The molecular formula is C13H19N3O4. The minimum absolute atomic E-state index is 0.0286. The van der Waals surface area contributed by atoms with Crippen LogP contribution in [0.2, 0.25) is 0 Å². The number of amides is 1. The van der Waals surface area contributed by atoms with Crippen molar-refractivity contribution in [3.8, 4) is 0 Å². The Labute approximate surface area is 116 Å². The number of nitrogens with one attached hydrogen (secondary N) is 1. The lowest BCUT2D eigenvalue weighted by atomic mass is 10.0. The Morgan fingerprint density at radius 1 is 1.50 bits per heavy atom. The highest BCUT2D eigenvalue weighted by atomic mass is 16.6. The highest BCUT2D eigenvalue weighted by molar-refractivity contribution is 5.94. The number of aliphatic hydroxyl groups is 1. The smallest absolute Gasteiger partial charge is 0.292 e. The summed E-state index contributed by atoms with van der Waals surface area (Å²) in [6.45, 7) is 3.85. The molecule has 0 saturated carbocycles. The molecule has 1 aromatic carbocycles. The first-order chi connectivity index (χ1) is 9.36. The molecular weight excluding hydrogens is 262 g/mol. The molecule has 1 aromatic rings. The minimum Gasteiger partial charge on any atom is -0.396 e. The van der Waals surface area contributed by atoms with Crippen molar-refractivity contribution < 1.29 is 14.8 Å². The number of aliphatic hydroxyl groups excluding tert-OH is 1. The van der Waals surface area contributed by atoms with Crippen LogP contribution < -0.4 is 11.1 Å². The first-order valence-corrected chi connectivity index (χ1v) is 6.32. The molecule has 4 N–H and O–H groups in total. The molecule has 0 aliphatic heterocycles. The molecule has 0 aliphatic rings. The molecule has 7 heteroatoms. The third-order valence-electron chi connectivity index (χ3n) is 3.06. The van der Waals surface area contributed by atoms with E-state index in [1.807, 2.05) is 13.8 Å². The van der Waals surface area contributed by atoms with E-state index in [-0.39, 0.29) is 35.5 Å².